The molecule has 0 fully saturated rings. The topological polar surface area (TPSA) is 52.6 Å². The van der Waals surface area contributed by atoms with Crippen molar-refractivity contribution in [3.63, 3.8) is 0 Å². The maximum atomic E-state index is 13.4. The smallest absolute Gasteiger partial charge is 0.411 e. The standard InChI is InChI=1S/C10H8ClF5O4S/c11-21(17,18)7-2-1-6(8(12)9(7)13)20-4-3-19-5-10(14,15)16/h1-2H,3-5H2. The Bertz CT molecular complexity index is 602. The van der Waals surface area contributed by atoms with Crippen molar-refractivity contribution in [1.29, 1.82) is 0 Å². The summed E-state index contributed by atoms with van der Waals surface area (Å²) in [5.41, 5.74) is 0. The fourth-order valence-electron chi connectivity index (χ4n) is 1.21. The molecular formula is C10H8ClF5O4S. The van der Waals surface area contributed by atoms with Crippen molar-refractivity contribution in [2.24, 2.45) is 0 Å². The van der Waals surface area contributed by atoms with E-state index < -0.39 is 57.3 Å². The van der Waals surface area contributed by atoms with E-state index in [1.54, 1.807) is 0 Å². The molecule has 0 spiro atoms. The molecule has 0 heterocycles. The summed E-state index contributed by atoms with van der Waals surface area (Å²) in [5.74, 6) is -4.03. The zero-order chi connectivity index (χ0) is 16.3. The van der Waals surface area contributed by atoms with Crippen LogP contribution in [0.15, 0.2) is 17.0 Å². The number of rotatable bonds is 6. The summed E-state index contributed by atoms with van der Waals surface area (Å²) in [6, 6.07) is 1.46. The van der Waals surface area contributed by atoms with Gasteiger partial charge in [0.25, 0.3) is 9.05 Å². The largest absolute Gasteiger partial charge is 0.488 e. The van der Waals surface area contributed by atoms with E-state index in [1.807, 2.05) is 0 Å². The van der Waals surface area contributed by atoms with Gasteiger partial charge in [-0.1, -0.05) is 0 Å². The molecule has 0 atom stereocenters. The average molecular weight is 355 g/mol. The molecule has 0 unspecified atom stereocenters. The molecule has 11 heteroatoms. The molecule has 0 amide bonds. The van der Waals surface area contributed by atoms with E-state index >= 15 is 0 Å². The van der Waals surface area contributed by atoms with E-state index in [2.05, 4.69) is 9.47 Å². The maximum absolute atomic E-state index is 13.4. The van der Waals surface area contributed by atoms with Crippen LogP contribution < -0.4 is 4.74 Å². The van der Waals surface area contributed by atoms with Gasteiger partial charge in [0.2, 0.25) is 5.82 Å². The van der Waals surface area contributed by atoms with Gasteiger partial charge in [-0.25, -0.2) is 12.8 Å². The second kappa shape index (κ2) is 6.75. The lowest BCUT2D eigenvalue weighted by molar-refractivity contribution is -0.175. The molecule has 0 radical (unpaired) electrons. The second-order valence-corrected chi connectivity index (χ2v) is 6.18. The number of hydrogen-bond donors (Lipinski definition) is 0. The van der Waals surface area contributed by atoms with Crippen LogP contribution in [0.1, 0.15) is 0 Å². The molecule has 0 aliphatic carbocycles. The molecule has 1 rings (SSSR count). The predicted octanol–water partition coefficient (Wildman–Crippen LogP) is 2.85. The third-order valence-corrected chi connectivity index (χ3v) is 3.36. The summed E-state index contributed by atoms with van der Waals surface area (Å²) in [4.78, 5) is -1.07. The minimum absolute atomic E-state index is 0.487. The van der Waals surface area contributed by atoms with Crippen molar-refractivity contribution < 1.29 is 39.8 Å². The highest BCUT2D eigenvalue weighted by molar-refractivity contribution is 8.13. The Balaban J connectivity index is 2.64. The Morgan fingerprint density at radius 3 is 2.24 bits per heavy atom. The number of alkyl halides is 3. The van der Waals surface area contributed by atoms with Crippen LogP contribution in [0.2, 0.25) is 0 Å². The Hall–Kier alpha value is -1.13. The quantitative estimate of drug-likeness (QED) is 0.448. The highest BCUT2D eigenvalue weighted by Crippen LogP contribution is 2.27. The first-order valence-corrected chi connectivity index (χ1v) is 7.53. The predicted molar refractivity (Wildman–Crippen MR) is 61.8 cm³/mol. The van der Waals surface area contributed by atoms with Gasteiger partial charge in [-0.15, -0.1) is 0 Å². The molecule has 0 N–H and O–H groups in total. The van der Waals surface area contributed by atoms with Crippen molar-refractivity contribution in [2.75, 3.05) is 19.8 Å². The van der Waals surface area contributed by atoms with Crippen LogP contribution in [0.25, 0.3) is 0 Å². The zero-order valence-corrected chi connectivity index (χ0v) is 11.7. The van der Waals surface area contributed by atoms with Crippen LogP contribution in [0.5, 0.6) is 5.75 Å². The van der Waals surface area contributed by atoms with Gasteiger partial charge in [-0.05, 0) is 12.1 Å². The van der Waals surface area contributed by atoms with E-state index in [0.717, 1.165) is 6.07 Å². The van der Waals surface area contributed by atoms with E-state index in [1.165, 1.54) is 0 Å². The summed E-state index contributed by atoms with van der Waals surface area (Å²) in [6.45, 7) is -2.51. The monoisotopic (exact) mass is 354 g/mol. The normalized spacial score (nSPS) is 12.5. The van der Waals surface area contributed by atoms with E-state index in [9.17, 15) is 30.4 Å². The van der Waals surface area contributed by atoms with Crippen LogP contribution in [-0.4, -0.2) is 34.4 Å². The number of benzene rings is 1. The fraction of sp³-hybridized carbons (Fsp3) is 0.400. The molecular weight excluding hydrogens is 347 g/mol. The lowest BCUT2D eigenvalue weighted by atomic mass is 10.3. The summed E-state index contributed by atoms with van der Waals surface area (Å²) in [6.07, 6.45) is -4.51. The molecule has 0 aliphatic rings. The number of ether oxygens (including phenoxy) is 2. The Kier molecular flexibility index (Phi) is 5.76. The van der Waals surface area contributed by atoms with E-state index in [0.29, 0.717) is 6.07 Å². The first-order chi connectivity index (χ1) is 9.52. The van der Waals surface area contributed by atoms with Gasteiger partial charge in [0.05, 0.1) is 6.61 Å². The van der Waals surface area contributed by atoms with Crippen LogP contribution in [0, 0.1) is 11.6 Å². The van der Waals surface area contributed by atoms with Gasteiger partial charge in [-0.3, -0.25) is 0 Å². The Morgan fingerprint density at radius 1 is 1.10 bits per heavy atom. The molecule has 4 nitrogen and oxygen atoms in total. The van der Waals surface area contributed by atoms with Gasteiger partial charge < -0.3 is 9.47 Å². The third-order valence-electron chi connectivity index (χ3n) is 2.03. The molecule has 1 aromatic rings. The Morgan fingerprint density at radius 2 is 1.71 bits per heavy atom. The Labute approximate surface area is 120 Å². The second-order valence-electron chi connectivity index (χ2n) is 3.64. The van der Waals surface area contributed by atoms with Gasteiger partial charge in [0, 0.05) is 10.7 Å². The van der Waals surface area contributed by atoms with Crippen molar-refractivity contribution in [3.8, 4) is 5.75 Å². The van der Waals surface area contributed by atoms with Gasteiger partial charge in [0.1, 0.15) is 18.1 Å². The number of hydrogen-bond acceptors (Lipinski definition) is 4. The van der Waals surface area contributed by atoms with Gasteiger partial charge >= 0.3 is 6.18 Å². The van der Waals surface area contributed by atoms with Crippen molar-refractivity contribution in [2.45, 2.75) is 11.1 Å². The van der Waals surface area contributed by atoms with Crippen LogP contribution >= 0.6 is 10.7 Å². The lowest BCUT2D eigenvalue weighted by Gasteiger charge is -2.10. The maximum Gasteiger partial charge on any atom is 0.411 e. The van der Waals surface area contributed by atoms with Crippen molar-refractivity contribution >= 4 is 19.7 Å². The minimum Gasteiger partial charge on any atom is -0.488 e. The molecule has 0 saturated carbocycles. The van der Waals surface area contributed by atoms with Gasteiger partial charge in [-0.2, -0.15) is 17.6 Å². The summed E-state index contributed by atoms with van der Waals surface area (Å²) < 4.78 is 92.7. The first-order valence-electron chi connectivity index (χ1n) is 5.22. The molecule has 0 bridgehead atoms. The van der Waals surface area contributed by atoms with Gasteiger partial charge in [0.15, 0.2) is 11.6 Å². The molecule has 21 heavy (non-hydrogen) atoms. The highest BCUT2D eigenvalue weighted by Gasteiger charge is 2.27. The highest BCUT2D eigenvalue weighted by atomic mass is 35.7. The first kappa shape index (κ1) is 17.9. The summed E-state index contributed by atoms with van der Waals surface area (Å²) in [5, 5.41) is 0. The number of halogens is 6. The van der Waals surface area contributed by atoms with Crippen LogP contribution in [-0.2, 0) is 13.8 Å². The summed E-state index contributed by atoms with van der Waals surface area (Å²) in [7, 11) is 0.408. The third kappa shape index (κ3) is 5.64. The molecule has 0 aliphatic heterocycles. The zero-order valence-electron chi connectivity index (χ0n) is 10.1. The molecule has 0 aromatic heterocycles. The van der Waals surface area contributed by atoms with Crippen LogP contribution in [0.3, 0.4) is 0 Å². The molecule has 120 valence electrons. The summed E-state index contributed by atoms with van der Waals surface area (Å²) >= 11 is 0. The SMILES string of the molecule is O=S(=O)(Cl)c1ccc(OCCOCC(F)(F)F)c(F)c1F. The van der Waals surface area contributed by atoms with Crippen LogP contribution in [0.4, 0.5) is 22.0 Å². The molecule has 1 aromatic carbocycles. The van der Waals surface area contributed by atoms with Crippen molar-refractivity contribution in [1.82, 2.24) is 0 Å². The minimum atomic E-state index is -4.51. The lowest BCUT2D eigenvalue weighted by Crippen LogP contribution is -2.19. The molecule has 0 saturated heterocycles. The fourth-order valence-corrected chi connectivity index (χ4v) is 2.10. The van der Waals surface area contributed by atoms with E-state index in [4.69, 9.17) is 10.7 Å². The van der Waals surface area contributed by atoms with Crippen molar-refractivity contribution in [3.05, 3.63) is 23.8 Å². The average Bonchev–Trinajstić information content (AvgIpc) is 2.31. The van der Waals surface area contributed by atoms with E-state index in [-0.39, 0.29) is 0 Å².